The molecule has 17 heavy (non-hydrogen) atoms. The summed E-state index contributed by atoms with van der Waals surface area (Å²) in [6.45, 7) is 0.548. The van der Waals surface area contributed by atoms with Gasteiger partial charge in [-0.2, -0.15) is 5.26 Å². The maximum atomic E-state index is 13.0. The molecular weight excluding hydrogens is 259 g/mol. The van der Waals surface area contributed by atoms with Crippen LogP contribution in [0.4, 0.5) is 10.1 Å². The van der Waals surface area contributed by atoms with Crippen LogP contribution in [0.15, 0.2) is 29.6 Å². The molecule has 5 heteroatoms. The van der Waals surface area contributed by atoms with Crippen LogP contribution in [0, 0.1) is 17.1 Å². The first kappa shape index (κ1) is 11.9. The van der Waals surface area contributed by atoms with Gasteiger partial charge in [-0.1, -0.05) is 11.6 Å². The van der Waals surface area contributed by atoms with Gasteiger partial charge < -0.3 is 5.32 Å². The van der Waals surface area contributed by atoms with E-state index in [0.717, 1.165) is 4.88 Å². The number of rotatable bonds is 3. The smallest absolute Gasteiger partial charge is 0.126 e. The van der Waals surface area contributed by atoms with Crippen LogP contribution in [0.25, 0.3) is 0 Å². The third-order valence-electron chi connectivity index (χ3n) is 2.11. The number of nitrogens with zero attached hydrogens (tertiary/aromatic N) is 1. The Morgan fingerprint density at radius 1 is 1.35 bits per heavy atom. The van der Waals surface area contributed by atoms with Crippen molar-refractivity contribution in [1.29, 1.82) is 5.26 Å². The van der Waals surface area contributed by atoms with Gasteiger partial charge in [-0.05, 0) is 24.3 Å². The lowest BCUT2D eigenvalue weighted by Crippen LogP contribution is -1.97. The van der Waals surface area contributed by atoms with Crippen molar-refractivity contribution < 1.29 is 4.39 Å². The van der Waals surface area contributed by atoms with Gasteiger partial charge in [0.25, 0.3) is 0 Å². The van der Waals surface area contributed by atoms with Crippen LogP contribution in [-0.4, -0.2) is 0 Å². The van der Waals surface area contributed by atoms with Crippen LogP contribution in [0.3, 0.4) is 0 Å². The minimum absolute atomic E-state index is 0.358. The number of anilines is 1. The Balaban J connectivity index is 2.04. The Morgan fingerprint density at radius 3 is 2.82 bits per heavy atom. The molecule has 0 aliphatic heterocycles. The number of hydrogen-bond donors (Lipinski definition) is 1. The molecule has 1 N–H and O–H groups in total. The molecule has 1 heterocycles. The van der Waals surface area contributed by atoms with Crippen molar-refractivity contribution in [2.45, 2.75) is 6.54 Å². The summed E-state index contributed by atoms with van der Waals surface area (Å²) in [6, 6.07) is 8.16. The summed E-state index contributed by atoms with van der Waals surface area (Å²) < 4.78 is 13.0. The Bertz CT molecular complexity index is 554. The predicted molar refractivity (Wildman–Crippen MR) is 67.8 cm³/mol. The fourth-order valence-corrected chi connectivity index (χ4v) is 2.35. The highest BCUT2D eigenvalue weighted by molar-refractivity contribution is 7.10. The molecule has 0 spiro atoms. The second kappa shape index (κ2) is 5.17. The highest BCUT2D eigenvalue weighted by Gasteiger charge is 2.01. The SMILES string of the molecule is N#Cc1csc(CNc2cc(F)cc(Cl)c2)c1. The van der Waals surface area contributed by atoms with Crippen molar-refractivity contribution in [3.05, 3.63) is 50.9 Å². The Hall–Kier alpha value is -1.57. The number of halogens is 2. The summed E-state index contributed by atoms with van der Waals surface area (Å²) in [4.78, 5) is 1.02. The molecule has 1 aromatic carbocycles. The van der Waals surface area contributed by atoms with Crippen LogP contribution in [0.2, 0.25) is 5.02 Å². The highest BCUT2D eigenvalue weighted by Crippen LogP contribution is 2.20. The lowest BCUT2D eigenvalue weighted by atomic mass is 10.3. The first-order valence-electron chi connectivity index (χ1n) is 4.85. The zero-order valence-electron chi connectivity index (χ0n) is 8.71. The summed E-state index contributed by atoms with van der Waals surface area (Å²) >= 11 is 7.23. The van der Waals surface area contributed by atoms with Gasteiger partial charge in [-0.15, -0.1) is 11.3 Å². The minimum Gasteiger partial charge on any atom is -0.380 e. The molecular formula is C12H8ClFN2S. The minimum atomic E-state index is -0.371. The topological polar surface area (TPSA) is 35.8 Å². The average Bonchev–Trinajstić information content (AvgIpc) is 2.73. The van der Waals surface area contributed by atoms with E-state index in [2.05, 4.69) is 11.4 Å². The summed E-state index contributed by atoms with van der Waals surface area (Å²) in [6.07, 6.45) is 0. The molecule has 0 saturated heterocycles. The molecule has 0 saturated carbocycles. The van der Waals surface area contributed by atoms with E-state index in [9.17, 15) is 4.39 Å². The summed E-state index contributed by atoms with van der Waals surface area (Å²) in [5.74, 6) is -0.371. The predicted octanol–water partition coefficient (Wildman–Crippen LogP) is 4.02. The van der Waals surface area contributed by atoms with E-state index in [1.165, 1.54) is 23.5 Å². The van der Waals surface area contributed by atoms with Crippen molar-refractivity contribution >= 4 is 28.6 Å². The number of thiophene rings is 1. The van der Waals surface area contributed by atoms with Gasteiger partial charge in [-0.25, -0.2) is 4.39 Å². The Kier molecular flexibility index (Phi) is 3.62. The molecule has 2 rings (SSSR count). The number of nitrogens with one attached hydrogen (secondary N) is 1. The van der Waals surface area contributed by atoms with Crippen LogP contribution in [0.1, 0.15) is 10.4 Å². The van der Waals surface area contributed by atoms with Crippen molar-refractivity contribution in [3.8, 4) is 6.07 Å². The molecule has 2 aromatic rings. The fourth-order valence-electron chi connectivity index (χ4n) is 1.38. The summed E-state index contributed by atoms with van der Waals surface area (Å²) in [5.41, 5.74) is 1.27. The number of hydrogen-bond acceptors (Lipinski definition) is 3. The lowest BCUT2D eigenvalue weighted by molar-refractivity contribution is 0.628. The van der Waals surface area contributed by atoms with Gasteiger partial charge in [0.2, 0.25) is 0 Å². The maximum Gasteiger partial charge on any atom is 0.126 e. The molecule has 86 valence electrons. The van der Waals surface area contributed by atoms with Crippen LogP contribution in [0.5, 0.6) is 0 Å². The van der Waals surface area contributed by atoms with E-state index < -0.39 is 0 Å². The van der Waals surface area contributed by atoms with Crippen molar-refractivity contribution in [2.75, 3.05) is 5.32 Å². The zero-order chi connectivity index (χ0) is 12.3. The molecule has 0 atom stereocenters. The van der Waals surface area contributed by atoms with Crippen LogP contribution in [-0.2, 0) is 6.54 Å². The molecule has 1 aromatic heterocycles. The first-order valence-corrected chi connectivity index (χ1v) is 6.10. The molecule has 0 aliphatic rings. The number of nitriles is 1. The Morgan fingerprint density at radius 2 is 2.18 bits per heavy atom. The normalized spacial score (nSPS) is 9.94. The van der Waals surface area contributed by atoms with Gasteiger partial charge in [0.15, 0.2) is 0 Å². The van der Waals surface area contributed by atoms with Crippen molar-refractivity contribution in [3.63, 3.8) is 0 Å². The fraction of sp³-hybridized carbons (Fsp3) is 0.0833. The lowest BCUT2D eigenvalue weighted by Gasteiger charge is -2.05. The van der Waals surface area contributed by atoms with Crippen LogP contribution >= 0.6 is 22.9 Å². The van der Waals surface area contributed by atoms with Crippen molar-refractivity contribution in [2.24, 2.45) is 0 Å². The molecule has 0 fully saturated rings. The highest BCUT2D eigenvalue weighted by atomic mass is 35.5. The van der Waals surface area contributed by atoms with E-state index in [1.54, 1.807) is 17.5 Å². The molecule has 0 aliphatic carbocycles. The monoisotopic (exact) mass is 266 g/mol. The van der Waals surface area contributed by atoms with Gasteiger partial charge in [0, 0.05) is 27.5 Å². The zero-order valence-corrected chi connectivity index (χ0v) is 10.3. The van der Waals surface area contributed by atoms with E-state index in [-0.39, 0.29) is 5.82 Å². The van der Waals surface area contributed by atoms with Gasteiger partial charge in [-0.3, -0.25) is 0 Å². The molecule has 0 amide bonds. The van der Waals surface area contributed by atoms with Gasteiger partial charge in [0.1, 0.15) is 11.9 Å². The molecule has 2 nitrogen and oxygen atoms in total. The van der Waals surface area contributed by atoms with Gasteiger partial charge in [0.05, 0.1) is 5.56 Å². The number of benzene rings is 1. The third kappa shape index (κ3) is 3.19. The second-order valence-electron chi connectivity index (χ2n) is 3.43. The van der Waals surface area contributed by atoms with E-state index >= 15 is 0 Å². The second-order valence-corrected chi connectivity index (χ2v) is 4.86. The summed E-state index contributed by atoms with van der Waals surface area (Å²) in [7, 11) is 0. The quantitative estimate of drug-likeness (QED) is 0.911. The van der Waals surface area contributed by atoms with E-state index in [1.807, 2.05) is 0 Å². The summed E-state index contributed by atoms with van der Waals surface area (Å²) in [5, 5.41) is 13.9. The largest absolute Gasteiger partial charge is 0.380 e. The maximum absolute atomic E-state index is 13.0. The Labute approximate surface area is 107 Å². The van der Waals surface area contributed by atoms with Crippen molar-refractivity contribution in [1.82, 2.24) is 0 Å². The molecule has 0 unspecified atom stereocenters. The molecule has 0 bridgehead atoms. The van der Waals surface area contributed by atoms with Gasteiger partial charge >= 0.3 is 0 Å². The van der Waals surface area contributed by atoms with E-state index in [4.69, 9.17) is 16.9 Å². The van der Waals surface area contributed by atoms with E-state index in [0.29, 0.717) is 22.8 Å². The van der Waals surface area contributed by atoms with Crippen LogP contribution < -0.4 is 5.32 Å². The molecule has 0 radical (unpaired) electrons. The standard InChI is InChI=1S/C12H8ClFN2S/c13-9-2-10(14)4-11(3-9)16-6-12-1-8(5-15)7-17-12/h1-4,7,16H,6H2. The first-order chi connectivity index (χ1) is 8.17. The third-order valence-corrected chi connectivity index (χ3v) is 3.27. The average molecular weight is 267 g/mol.